The highest BCUT2D eigenvalue weighted by atomic mass is 35.5. The van der Waals surface area contributed by atoms with Crippen molar-refractivity contribution in [2.45, 2.75) is 32.1 Å². The van der Waals surface area contributed by atoms with E-state index in [4.69, 9.17) is 11.6 Å². The van der Waals surface area contributed by atoms with Crippen LogP contribution in [-0.4, -0.2) is 11.2 Å². The maximum absolute atomic E-state index is 11.0. The van der Waals surface area contributed by atoms with Gasteiger partial charge in [-0.3, -0.25) is 4.79 Å². The van der Waals surface area contributed by atoms with E-state index in [0.29, 0.717) is 18.3 Å². The zero-order valence-electron chi connectivity index (χ0n) is 7.59. The molecule has 0 saturated heterocycles. The first-order valence-corrected chi connectivity index (χ1v) is 4.94. The predicted octanol–water partition coefficient (Wildman–Crippen LogP) is 2.79. The van der Waals surface area contributed by atoms with E-state index >= 15 is 0 Å². The number of carbonyl (C=O) groups is 1. The SMILES string of the molecule is CCC(C)C1C=CC(=O)CC1Cl. The summed E-state index contributed by atoms with van der Waals surface area (Å²) < 4.78 is 0. The van der Waals surface area contributed by atoms with Crippen LogP contribution in [-0.2, 0) is 4.79 Å². The molecule has 12 heavy (non-hydrogen) atoms. The number of alkyl halides is 1. The number of carbonyl (C=O) groups excluding carboxylic acids is 1. The third-order valence-corrected chi connectivity index (χ3v) is 3.06. The molecule has 3 atom stereocenters. The Morgan fingerprint density at radius 3 is 2.92 bits per heavy atom. The molecule has 0 bridgehead atoms. The largest absolute Gasteiger partial charge is 0.295 e. The molecule has 0 saturated carbocycles. The fourth-order valence-corrected chi connectivity index (χ4v) is 2.04. The number of rotatable bonds is 2. The monoisotopic (exact) mass is 186 g/mol. The van der Waals surface area contributed by atoms with Crippen LogP contribution in [0.4, 0.5) is 0 Å². The number of halogens is 1. The summed E-state index contributed by atoms with van der Waals surface area (Å²) in [6.45, 7) is 4.33. The first kappa shape index (κ1) is 9.79. The lowest BCUT2D eigenvalue weighted by Gasteiger charge is -2.26. The average Bonchev–Trinajstić information content (AvgIpc) is 2.03. The molecule has 1 nitrogen and oxygen atoms in total. The van der Waals surface area contributed by atoms with Gasteiger partial charge in [-0.1, -0.05) is 26.3 Å². The molecule has 0 aliphatic heterocycles. The quantitative estimate of drug-likeness (QED) is 0.607. The van der Waals surface area contributed by atoms with Crippen molar-refractivity contribution in [2.75, 3.05) is 0 Å². The summed E-state index contributed by atoms with van der Waals surface area (Å²) >= 11 is 6.08. The first-order chi connectivity index (χ1) is 5.65. The van der Waals surface area contributed by atoms with Crippen LogP contribution >= 0.6 is 11.6 Å². The fourth-order valence-electron chi connectivity index (χ4n) is 1.55. The molecular weight excluding hydrogens is 172 g/mol. The van der Waals surface area contributed by atoms with E-state index in [9.17, 15) is 4.79 Å². The van der Waals surface area contributed by atoms with Crippen LogP contribution < -0.4 is 0 Å². The maximum Gasteiger partial charge on any atom is 0.156 e. The summed E-state index contributed by atoms with van der Waals surface area (Å²) in [7, 11) is 0. The summed E-state index contributed by atoms with van der Waals surface area (Å²) in [5.41, 5.74) is 0. The van der Waals surface area contributed by atoms with Gasteiger partial charge in [0.1, 0.15) is 0 Å². The Kier molecular flexibility index (Phi) is 3.33. The minimum Gasteiger partial charge on any atom is -0.295 e. The van der Waals surface area contributed by atoms with Gasteiger partial charge in [0.25, 0.3) is 0 Å². The third-order valence-electron chi connectivity index (χ3n) is 2.62. The van der Waals surface area contributed by atoms with E-state index in [2.05, 4.69) is 13.8 Å². The molecule has 1 aliphatic carbocycles. The summed E-state index contributed by atoms with van der Waals surface area (Å²) in [6, 6.07) is 0. The first-order valence-electron chi connectivity index (χ1n) is 4.50. The van der Waals surface area contributed by atoms with Crippen molar-refractivity contribution in [1.82, 2.24) is 0 Å². The van der Waals surface area contributed by atoms with Crippen molar-refractivity contribution >= 4 is 17.4 Å². The van der Waals surface area contributed by atoms with Crippen LogP contribution in [0.3, 0.4) is 0 Å². The fraction of sp³-hybridized carbons (Fsp3) is 0.700. The van der Waals surface area contributed by atoms with Crippen LogP contribution in [0.15, 0.2) is 12.2 Å². The van der Waals surface area contributed by atoms with E-state index in [1.807, 2.05) is 6.08 Å². The third kappa shape index (κ3) is 2.10. The molecule has 0 amide bonds. The van der Waals surface area contributed by atoms with Gasteiger partial charge in [-0.15, -0.1) is 11.6 Å². The Morgan fingerprint density at radius 1 is 1.75 bits per heavy atom. The van der Waals surface area contributed by atoms with Crippen LogP contribution in [0.2, 0.25) is 0 Å². The lowest BCUT2D eigenvalue weighted by molar-refractivity contribution is -0.115. The minimum absolute atomic E-state index is 0.0115. The Bertz CT molecular complexity index is 198. The molecular formula is C10H15ClO. The van der Waals surface area contributed by atoms with Crippen molar-refractivity contribution in [3.8, 4) is 0 Å². The van der Waals surface area contributed by atoms with Gasteiger partial charge in [-0.25, -0.2) is 0 Å². The molecule has 1 aliphatic rings. The molecule has 0 aromatic rings. The predicted molar refractivity (Wildman–Crippen MR) is 51.4 cm³/mol. The number of allylic oxidation sites excluding steroid dienone is 2. The number of hydrogen-bond donors (Lipinski definition) is 0. The lowest BCUT2D eigenvalue weighted by atomic mass is 9.83. The van der Waals surface area contributed by atoms with E-state index in [1.54, 1.807) is 6.08 Å². The van der Waals surface area contributed by atoms with Crippen molar-refractivity contribution < 1.29 is 4.79 Å². The van der Waals surface area contributed by atoms with Crippen molar-refractivity contribution in [3.05, 3.63) is 12.2 Å². The van der Waals surface area contributed by atoms with E-state index < -0.39 is 0 Å². The highest BCUT2D eigenvalue weighted by molar-refractivity contribution is 6.22. The summed E-state index contributed by atoms with van der Waals surface area (Å²) in [5, 5.41) is 0.0115. The molecule has 0 aromatic carbocycles. The normalized spacial score (nSPS) is 32.1. The highest BCUT2D eigenvalue weighted by Crippen LogP contribution is 2.29. The van der Waals surface area contributed by atoms with Crippen LogP contribution in [0.1, 0.15) is 26.7 Å². The van der Waals surface area contributed by atoms with Gasteiger partial charge in [-0.2, -0.15) is 0 Å². The van der Waals surface area contributed by atoms with Gasteiger partial charge >= 0.3 is 0 Å². The molecule has 0 radical (unpaired) electrons. The molecule has 0 fully saturated rings. The van der Waals surface area contributed by atoms with Crippen molar-refractivity contribution in [1.29, 1.82) is 0 Å². The molecule has 0 heterocycles. The van der Waals surface area contributed by atoms with Crippen LogP contribution in [0.5, 0.6) is 0 Å². The van der Waals surface area contributed by atoms with E-state index in [-0.39, 0.29) is 11.2 Å². The van der Waals surface area contributed by atoms with Crippen LogP contribution in [0, 0.1) is 11.8 Å². The Balaban J connectivity index is 2.65. The van der Waals surface area contributed by atoms with E-state index in [1.165, 1.54) is 0 Å². The van der Waals surface area contributed by atoms with Gasteiger partial charge in [-0.05, 0) is 17.9 Å². The van der Waals surface area contributed by atoms with Crippen molar-refractivity contribution in [3.63, 3.8) is 0 Å². The van der Waals surface area contributed by atoms with Gasteiger partial charge in [0.05, 0.1) is 0 Å². The maximum atomic E-state index is 11.0. The van der Waals surface area contributed by atoms with Crippen molar-refractivity contribution in [2.24, 2.45) is 11.8 Å². The number of hydrogen-bond acceptors (Lipinski definition) is 1. The summed E-state index contributed by atoms with van der Waals surface area (Å²) in [6.07, 6.45) is 5.27. The zero-order valence-corrected chi connectivity index (χ0v) is 8.34. The van der Waals surface area contributed by atoms with Gasteiger partial charge in [0.2, 0.25) is 0 Å². The molecule has 68 valence electrons. The number of ketones is 1. The topological polar surface area (TPSA) is 17.1 Å². The Labute approximate surface area is 78.8 Å². The molecule has 1 rings (SSSR count). The van der Waals surface area contributed by atoms with Gasteiger partial charge < -0.3 is 0 Å². The second kappa shape index (κ2) is 4.08. The average molecular weight is 187 g/mol. The molecule has 0 N–H and O–H groups in total. The highest BCUT2D eigenvalue weighted by Gasteiger charge is 2.26. The second-order valence-electron chi connectivity index (χ2n) is 3.51. The molecule has 2 heteroatoms. The second-order valence-corrected chi connectivity index (χ2v) is 4.07. The zero-order chi connectivity index (χ0) is 9.14. The summed E-state index contributed by atoms with van der Waals surface area (Å²) in [4.78, 5) is 11.0. The van der Waals surface area contributed by atoms with Gasteiger partial charge in [0, 0.05) is 11.8 Å². The smallest absolute Gasteiger partial charge is 0.156 e. The molecule has 0 spiro atoms. The summed E-state index contributed by atoms with van der Waals surface area (Å²) in [5.74, 6) is 1.13. The van der Waals surface area contributed by atoms with Gasteiger partial charge in [0.15, 0.2) is 5.78 Å². The minimum atomic E-state index is 0.0115. The molecule has 3 unspecified atom stereocenters. The Hall–Kier alpha value is -0.300. The standard InChI is InChI=1S/C10H15ClO/c1-3-7(2)9-5-4-8(12)6-10(9)11/h4-5,7,9-10H,3,6H2,1-2H3. The van der Waals surface area contributed by atoms with E-state index in [0.717, 1.165) is 6.42 Å². The molecule has 0 aromatic heterocycles. The van der Waals surface area contributed by atoms with Crippen LogP contribution in [0.25, 0.3) is 0 Å². The lowest BCUT2D eigenvalue weighted by Crippen LogP contribution is -2.25. The Morgan fingerprint density at radius 2 is 2.42 bits per heavy atom.